The maximum atomic E-state index is 12.5. The van der Waals surface area contributed by atoms with Crippen LogP contribution in [0.15, 0.2) is 24.3 Å². The summed E-state index contributed by atoms with van der Waals surface area (Å²) in [6, 6.07) is 5.01. The molecule has 1 amide bonds. The Balaban J connectivity index is 0.00000338. The molecule has 0 radical (unpaired) electrons. The van der Waals surface area contributed by atoms with E-state index in [1.165, 1.54) is 12.1 Å². The third kappa shape index (κ3) is 5.49. The highest BCUT2D eigenvalue weighted by molar-refractivity contribution is 7.92. The summed E-state index contributed by atoms with van der Waals surface area (Å²) in [4.78, 5) is 12.5. The minimum Gasteiger partial charge on any atom is -0.406 e. The number of piperidine rings is 1. The molecule has 0 unspecified atom stereocenters. The first-order valence-corrected chi connectivity index (χ1v) is 9.46. The van der Waals surface area contributed by atoms with Gasteiger partial charge in [-0.1, -0.05) is 12.1 Å². The highest BCUT2D eigenvalue weighted by Gasteiger charge is 2.48. The molecule has 26 heavy (non-hydrogen) atoms. The van der Waals surface area contributed by atoms with Crippen molar-refractivity contribution in [3.63, 3.8) is 0 Å². The minimum absolute atomic E-state index is 0. The van der Waals surface area contributed by atoms with E-state index in [9.17, 15) is 26.4 Å². The quantitative estimate of drug-likeness (QED) is 0.764. The molecule has 0 spiro atoms. The third-order valence-electron chi connectivity index (χ3n) is 4.14. The van der Waals surface area contributed by atoms with Gasteiger partial charge in [0.15, 0.2) is 14.6 Å². The number of sulfone groups is 1. The zero-order valence-corrected chi connectivity index (χ0v) is 15.6. The standard InChI is InChI=1S/C15H19F3N2O4S.ClH/c1-25(22,23)14(6-8-19-9-7-14)13(21)20-10-11-2-4-12(5-3-11)24-15(16,17)18;/h2-5,19H,6-10H2,1H3,(H,20,21);1H. The van der Waals surface area contributed by atoms with E-state index in [0.717, 1.165) is 18.4 Å². The number of ether oxygens (including phenoxy) is 1. The molecule has 1 saturated heterocycles. The highest BCUT2D eigenvalue weighted by Crippen LogP contribution is 2.28. The summed E-state index contributed by atoms with van der Waals surface area (Å²) in [5, 5.41) is 5.59. The molecule has 2 rings (SSSR count). The van der Waals surface area contributed by atoms with E-state index in [1.807, 2.05) is 0 Å². The van der Waals surface area contributed by atoms with E-state index in [0.29, 0.717) is 18.7 Å². The highest BCUT2D eigenvalue weighted by atomic mass is 35.5. The van der Waals surface area contributed by atoms with Gasteiger partial charge in [0.2, 0.25) is 5.91 Å². The predicted molar refractivity (Wildman–Crippen MR) is 91.9 cm³/mol. The molecule has 0 aromatic heterocycles. The predicted octanol–water partition coefficient (Wildman–Crippen LogP) is 1.79. The van der Waals surface area contributed by atoms with Crippen molar-refractivity contribution in [2.45, 2.75) is 30.5 Å². The summed E-state index contributed by atoms with van der Waals surface area (Å²) in [5.74, 6) is -0.958. The van der Waals surface area contributed by atoms with Gasteiger partial charge in [-0.15, -0.1) is 25.6 Å². The fourth-order valence-electron chi connectivity index (χ4n) is 2.75. The van der Waals surface area contributed by atoms with Crippen molar-refractivity contribution in [1.29, 1.82) is 0 Å². The van der Waals surface area contributed by atoms with E-state index in [-0.39, 0.29) is 37.5 Å². The molecule has 1 aliphatic rings. The van der Waals surface area contributed by atoms with Crippen LogP contribution in [0.2, 0.25) is 0 Å². The molecule has 1 aliphatic heterocycles. The molecule has 6 nitrogen and oxygen atoms in total. The Morgan fingerprint density at radius 2 is 1.77 bits per heavy atom. The SMILES string of the molecule is CS(=O)(=O)C1(C(=O)NCc2ccc(OC(F)(F)F)cc2)CCNCC1.Cl. The van der Waals surface area contributed by atoms with Crippen molar-refractivity contribution in [3.05, 3.63) is 29.8 Å². The lowest BCUT2D eigenvalue weighted by Crippen LogP contribution is -2.57. The monoisotopic (exact) mass is 416 g/mol. The Morgan fingerprint density at radius 3 is 2.23 bits per heavy atom. The average molecular weight is 417 g/mol. The van der Waals surface area contributed by atoms with Gasteiger partial charge in [0.1, 0.15) is 5.75 Å². The Hall–Kier alpha value is -1.52. The lowest BCUT2D eigenvalue weighted by molar-refractivity contribution is -0.274. The second kappa shape index (κ2) is 8.45. The number of hydrogen-bond acceptors (Lipinski definition) is 5. The zero-order chi connectivity index (χ0) is 18.7. The summed E-state index contributed by atoms with van der Waals surface area (Å²) in [7, 11) is -3.62. The average Bonchev–Trinajstić information content (AvgIpc) is 2.52. The summed E-state index contributed by atoms with van der Waals surface area (Å²) in [6.07, 6.45) is -3.38. The Bertz CT molecular complexity index is 717. The van der Waals surface area contributed by atoms with Gasteiger partial charge in [0, 0.05) is 12.8 Å². The van der Waals surface area contributed by atoms with Gasteiger partial charge in [-0.25, -0.2) is 8.42 Å². The largest absolute Gasteiger partial charge is 0.573 e. The molecule has 0 aliphatic carbocycles. The number of amides is 1. The minimum atomic E-state index is -4.77. The lowest BCUT2D eigenvalue weighted by atomic mass is 9.95. The van der Waals surface area contributed by atoms with Gasteiger partial charge in [-0.05, 0) is 43.6 Å². The molecule has 11 heteroatoms. The Kier molecular flexibility index (Phi) is 7.32. The van der Waals surface area contributed by atoms with Crippen LogP contribution in [0.5, 0.6) is 5.75 Å². The van der Waals surface area contributed by atoms with Crippen molar-refractivity contribution < 1.29 is 31.1 Å². The van der Waals surface area contributed by atoms with Crippen LogP contribution < -0.4 is 15.4 Å². The maximum Gasteiger partial charge on any atom is 0.573 e. The molecular weight excluding hydrogens is 397 g/mol. The van der Waals surface area contributed by atoms with Crippen molar-refractivity contribution in [3.8, 4) is 5.75 Å². The molecular formula is C15H20ClF3N2O4S. The normalized spacial score (nSPS) is 17.1. The second-order valence-corrected chi connectivity index (χ2v) is 8.22. The smallest absolute Gasteiger partial charge is 0.406 e. The molecule has 1 aromatic rings. The van der Waals surface area contributed by atoms with E-state index in [4.69, 9.17) is 0 Å². The number of carbonyl (C=O) groups excluding carboxylic acids is 1. The first-order valence-electron chi connectivity index (χ1n) is 7.57. The second-order valence-electron chi connectivity index (χ2n) is 5.89. The van der Waals surface area contributed by atoms with E-state index < -0.39 is 26.9 Å². The maximum absolute atomic E-state index is 12.5. The van der Waals surface area contributed by atoms with E-state index in [2.05, 4.69) is 15.4 Å². The third-order valence-corrected chi connectivity index (χ3v) is 6.16. The van der Waals surface area contributed by atoms with Crippen LogP contribution in [0.1, 0.15) is 18.4 Å². The van der Waals surface area contributed by atoms with Crippen LogP contribution in [-0.4, -0.2) is 44.8 Å². The number of nitrogens with one attached hydrogen (secondary N) is 2. The number of benzene rings is 1. The van der Waals surface area contributed by atoms with Crippen molar-refractivity contribution >= 4 is 28.2 Å². The van der Waals surface area contributed by atoms with Crippen molar-refractivity contribution in [1.82, 2.24) is 10.6 Å². The number of rotatable bonds is 5. The van der Waals surface area contributed by atoms with Crippen molar-refractivity contribution in [2.24, 2.45) is 0 Å². The summed E-state index contributed by atoms with van der Waals surface area (Å²) in [5.41, 5.74) is 0.528. The number of halogens is 4. The first-order chi connectivity index (χ1) is 11.5. The fourth-order valence-corrected chi connectivity index (χ4v) is 4.10. The number of carbonyl (C=O) groups is 1. The van der Waals surface area contributed by atoms with Crippen LogP contribution in [0.3, 0.4) is 0 Å². The molecule has 1 heterocycles. The van der Waals surface area contributed by atoms with Gasteiger partial charge in [-0.3, -0.25) is 4.79 Å². The molecule has 0 bridgehead atoms. The topological polar surface area (TPSA) is 84.5 Å². The lowest BCUT2D eigenvalue weighted by Gasteiger charge is -2.34. The van der Waals surface area contributed by atoms with Gasteiger partial charge >= 0.3 is 6.36 Å². The summed E-state index contributed by atoms with van der Waals surface area (Å²) >= 11 is 0. The molecule has 1 aromatic carbocycles. The zero-order valence-electron chi connectivity index (χ0n) is 13.9. The van der Waals surface area contributed by atoms with Crippen LogP contribution in [0.4, 0.5) is 13.2 Å². The van der Waals surface area contributed by atoms with Gasteiger partial charge < -0.3 is 15.4 Å². The number of alkyl halides is 3. The van der Waals surface area contributed by atoms with E-state index >= 15 is 0 Å². The Morgan fingerprint density at radius 1 is 1.23 bits per heavy atom. The van der Waals surface area contributed by atoms with Gasteiger partial charge in [0.25, 0.3) is 0 Å². The summed E-state index contributed by atoms with van der Waals surface area (Å²) < 4.78 is 62.9. The molecule has 148 valence electrons. The first kappa shape index (κ1) is 22.5. The van der Waals surface area contributed by atoms with Gasteiger partial charge in [-0.2, -0.15) is 0 Å². The summed E-state index contributed by atoms with van der Waals surface area (Å²) in [6.45, 7) is 0.851. The Labute approximate surface area is 155 Å². The molecule has 0 saturated carbocycles. The van der Waals surface area contributed by atoms with Crippen LogP contribution in [0, 0.1) is 0 Å². The van der Waals surface area contributed by atoms with Crippen LogP contribution in [0.25, 0.3) is 0 Å². The fraction of sp³-hybridized carbons (Fsp3) is 0.533. The van der Waals surface area contributed by atoms with Crippen LogP contribution in [-0.2, 0) is 21.2 Å². The van der Waals surface area contributed by atoms with Crippen molar-refractivity contribution in [2.75, 3.05) is 19.3 Å². The van der Waals surface area contributed by atoms with Crippen LogP contribution >= 0.6 is 12.4 Å². The molecule has 2 N–H and O–H groups in total. The molecule has 1 fully saturated rings. The van der Waals surface area contributed by atoms with E-state index in [1.54, 1.807) is 0 Å². The van der Waals surface area contributed by atoms with Gasteiger partial charge in [0.05, 0.1) is 0 Å². The number of hydrogen-bond donors (Lipinski definition) is 2. The molecule has 0 atom stereocenters.